The van der Waals surface area contributed by atoms with Crippen molar-refractivity contribution in [2.24, 2.45) is 16.7 Å². The fourth-order valence-electron chi connectivity index (χ4n) is 3.80. The molecule has 6 nitrogen and oxygen atoms in total. The van der Waals surface area contributed by atoms with E-state index >= 15 is 0 Å². The molecule has 0 radical (unpaired) electrons. The Morgan fingerprint density at radius 1 is 1.20 bits per heavy atom. The van der Waals surface area contributed by atoms with Crippen molar-refractivity contribution in [3.63, 3.8) is 0 Å². The fraction of sp³-hybridized carbons (Fsp3) is 0.333. The minimum atomic E-state index is -1.94. The van der Waals surface area contributed by atoms with Crippen LogP contribution >= 0.6 is 11.6 Å². The summed E-state index contributed by atoms with van der Waals surface area (Å²) in [7, 11) is 0. The van der Waals surface area contributed by atoms with Gasteiger partial charge >= 0.3 is 0 Å². The molecule has 2 bridgehead atoms. The molecule has 2 saturated heterocycles. The minimum absolute atomic E-state index is 0.454. The maximum Gasteiger partial charge on any atom is 0.244 e. The molecular formula is C18H13ClN4O2. The van der Waals surface area contributed by atoms with E-state index in [1.54, 1.807) is 31.2 Å². The molecule has 2 fully saturated rings. The van der Waals surface area contributed by atoms with Crippen molar-refractivity contribution in [3.05, 3.63) is 47.5 Å². The summed E-state index contributed by atoms with van der Waals surface area (Å²) in [5.74, 6) is -2.72. The highest BCUT2D eigenvalue weighted by Gasteiger charge is 2.79. The Morgan fingerprint density at radius 3 is 2.28 bits per heavy atom. The molecule has 4 unspecified atom stereocenters. The molecule has 7 heteroatoms. The number of nitrogens with one attached hydrogen (secondary N) is 1. The SMILES string of the molecule is C=CC1OC2(c3ccc(Cl)cc3)OC(=N)C(C#N)(C2C)C1(C#N)C#N. The van der Waals surface area contributed by atoms with Crippen molar-refractivity contribution in [2.75, 3.05) is 0 Å². The van der Waals surface area contributed by atoms with E-state index in [1.165, 1.54) is 6.08 Å². The van der Waals surface area contributed by atoms with Gasteiger partial charge in [-0.25, -0.2) is 0 Å². The Labute approximate surface area is 150 Å². The third-order valence-electron chi connectivity index (χ3n) is 5.17. The Balaban J connectivity index is 2.33. The largest absolute Gasteiger partial charge is 0.443 e. The van der Waals surface area contributed by atoms with Crippen molar-refractivity contribution >= 4 is 17.5 Å². The van der Waals surface area contributed by atoms with Crippen molar-refractivity contribution in [3.8, 4) is 18.2 Å². The van der Waals surface area contributed by atoms with Gasteiger partial charge in [0.2, 0.25) is 17.1 Å². The van der Waals surface area contributed by atoms with Gasteiger partial charge in [0.25, 0.3) is 0 Å². The highest BCUT2D eigenvalue weighted by Crippen LogP contribution is 2.65. The minimum Gasteiger partial charge on any atom is -0.443 e. The van der Waals surface area contributed by atoms with Crippen molar-refractivity contribution in [2.45, 2.75) is 18.8 Å². The van der Waals surface area contributed by atoms with E-state index in [0.29, 0.717) is 10.6 Å². The Morgan fingerprint density at radius 2 is 1.80 bits per heavy atom. The Kier molecular flexibility index (Phi) is 3.62. The third-order valence-corrected chi connectivity index (χ3v) is 5.42. The molecule has 0 saturated carbocycles. The van der Waals surface area contributed by atoms with E-state index < -0.39 is 34.5 Å². The number of nitriles is 3. The monoisotopic (exact) mass is 352 g/mol. The van der Waals surface area contributed by atoms with Gasteiger partial charge in [-0.2, -0.15) is 15.8 Å². The summed E-state index contributed by atoms with van der Waals surface area (Å²) in [5.41, 5.74) is -3.18. The van der Waals surface area contributed by atoms with Crippen LogP contribution < -0.4 is 0 Å². The average Bonchev–Trinajstić information content (AvgIpc) is 2.79. The molecule has 0 aromatic heterocycles. The van der Waals surface area contributed by atoms with Crippen molar-refractivity contribution < 1.29 is 9.47 Å². The fourth-order valence-corrected chi connectivity index (χ4v) is 3.92. The zero-order valence-corrected chi connectivity index (χ0v) is 14.0. The van der Waals surface area contributed by atoms with Crippen LogP contribution in [-0.4, -0.2) is 12.0 Å². The molecule has 124 valence electrons. The standard InChI is InChI=1S/C18H13ClN4O2/c1-3-14-16(8-20,9-21)17(10-22)11(2)18(24-14,25-15(17)23)12-4-6-13(19)7-5-12/h3-7,11,14,23H,1H2,2H3. The van der Waals surface area contributed by atoms with Crippen LogP contribution in [0.25, 0.3) is 0 Å². The molecule has 0 spiro atoms. The lowest BCUT2D eigenvalue weighted by molar-refractivity contribution is -0.273. The number of halogens is 1. The van der Waals surface area contributed by atoms with Crippen LogP contribution in [0, 0.1) is 56.2 Å². The number of ether oxygens (including phenoxy) is 2. The first-order chi connectivity index (χ1) is 11.9. The van der Waals surface area contributed by atoms with E-state index in [2.05, 4.69) is 6.58 Å². The second-order valence-electron chi connectivity index (χ2n) is 6.05. The normalized spacial score (nSPS) is 34.9. The summed E-state index contributed by atoms with van der Waals surface area (Å²) in [4.78, 5) is 0. The number of rotatable bonds is 2. The second-order valence-corrected chi connectivity index (χ2v) is 6.49. The smallest absolute Gasteiger partial charge is 0.244 e. The predicted octanol–water partition coefficient (Wildman–Crippen LogP) is 3.26. The Hall–Kier alpha value is -2.85. The number of hydrogen-bond donors (Lipinski definition) is 1. The lowest BCUT2D eigenvalue weighted by atomic mass is 9.54. The summed E-state index contributed by atoms with van der Waals surface area (Å²) in [5, 5.41) is 38.3. The molecule has 1 aromatic rings. The van der Waals surface area contributed by atoms with Crippen LogP contribution in [0.2, 0.25) is 5.02 Å². The number of nitrogens with zero attached hydrogens (tertiary/aromatic N) is 3. The highest BCUT2D eigenvalue weighted by atomic mass is 35.5. The summed E-state index contributed by atoms with van der Waals surface area (Å²) < 4.78 is 11.8. The van der Waals surface area contributed by atoms with Gasteiger partial charge in [-0.05, 0) is 12.1 Å². The lowest BCUT2D eigenvalue weighted by Gasteiger charge is -2.47. The van der Waals surface area contributed by atoms with Crippen LogP contribution in [0.15, 0.2) is 36.9 Å². The molecule has 2 heterocycles. The number of benzene rings is 1. The molecule has 25 heavy (non-hydrogen) atoms. The summed E-state index contributed by atoms with van der Waals surface area (Å²) in [6.45, 7) is 5.28. The Bertz CT molecular complexity index is 878. The summed E-state index contributed by atoms with van der Waals surface area (Å²) >= 11 is 5.94. The highest BCUT2D eigenvalue weighted by molar-refractivity contribution is 6.30. The molecule has 1 N–H and O–H groups in total. The van der Waals surface area contributed by atoms with Gasteiger partial charge in [0.1, 0.15) is 6.10 Å². The molecule has 2 aliphatic heterocycles. The van der Waals surface area contributed by atoms with Crippen molar-refractivity contribution in [1.29, 1.82) is 21.2 Å². The first-order valence-corrected chi connectivity index (χ1v) is 7.84. The molecule has 4 atom stereocenters. The van der Waals surface area contributed by atoms with Gasteiger partial charge in [-0.1, -0.05) is 36.7 Å². The molecule has 3 rings (SSSR count). The van der Waals surface area contributed by atoms with E-state index in [9.17, 15) is 15.8 Å². The lowest BCUT2D eigenvalue weighted by Crippen LogP contribution is -2.60. The molecule has 0 aliphatic carbocycles. The third kappa shape index (κ3) is 1.72. The van der Waals surface area contributed by atoms with Crippen LogP contribution in [0.4, 0.5) is 0 Å². The number of hydrogen-bond acceptors (Lipinski definition) is 6. The van der Waals surface area contributed by atoms with E-state index in [4.69, 9.17) is 26.5 Å². The maximum absolute atomic E-state index is 9.94. The van der Waals surface area contributed by atoms with Gasteiger partial charge in [-0.3, -0.25) is 5.41 Å². The van der Waals surface area contributed by atoms with Crippen molar-refractivity contribution in [1.82, 2.24) is 0 Å². The predicted molar refractivity (Wildman–Crippen MR) is 87.9 cm³/mol. The van der Waals surface area contributed by atoms with E-state index in [0.717, 1.165) is 0 Å². The van der Waals surface area contributed by atoms with E-state index in [-0.39, 0.29) is 0 Å². The molecule has 2 aliphatic rings. The quantitative estimate of drug-likeness (QED) is 0.820. The van der Waals surface area contributed by atoms with Crippen LogP contribution in [0.5, 0.6) is 0 Å². The average molecular weight is 353 g/mol. The van der Waals surface area contributed by atoms with Crippen LogP contribution in [-0.2, 0) is 15.3 Å². The number of fused-ring (bicyclic) bond motifs is 2. The zero-order valence-electron chi connectivity index (χ0n) is 13.3. The first kappa shape index (κ1) is 17.0. The molecule has 1 aromatic carbocycles. The summed E-state index contributed by atoms with van der Waals surface area (Å²) in [6, 6.07) is 12.5. The molecular weight excluding hydrogens is 340 g/mol. The topological polar surface area (TPSA) is 114 Å². The van der Waals surface area contributed by atoms with Gasteiger partial charge in [0, 0.05) is 10.6 Å². The maximum atomic E-state index is 9.94. The van der Waals surface area contributed by atoms with Gasteiger partial charge in [0.15, 0.2) is 5.41 Å². The van der Waals surface area contributed by atoms with Gasteiger partial charge < -0.3 is 9.47 Å². The van der Waals surface area contributed by atoms with Gasteiger partial charge in [0.05, 0.1) is 24.1 Å². The van der Waals surface area contributed by atoms with Crippen LogP contribution in [0.3, 0.4) is 0 Å². The van der Waals surface area contributed by atoms with Crippen LogP contribution in [0.1, 0.15) is 12.5 Å². The van der Waals surface area contributed by atoms with E-state index in [1.807, 2.05) is 18.2 Å². The van der Waals surface area contributed by atoms with Gasteiger partial charge in [-0.15, -0.1) is 6.58 Å². The summed E-state index contributed by atoms with van der Waals surface area (Å²) in [6.07, 6.45) is 0.189. The first-order valence-electron chi connectivity index (χ1n) is 7.46. The second kappa shape index (κ2) is 5.33. The molecule has 0 amide bonds. The zero-order chi connectivity index (χ0) is 18.5.